The van der Waals surface area contributed by atoms with Gasteiger partial charge in [-0.15, -0.1) is 0 Å². The van der Waals surface area contributed by atoms with Crippen molar-refractivity contribution in [2.75, 3.05) is 11.9 Å². The van der Waals surface area contributed by atoms with Crippen LogP contribution in [0.1, 0.15) is 19.4 Å². The zero-order chi connectivity index (χ0) is 17.1. The van der Waals surface area contributed by atoms with Gasteiger partial charge in [0.1, 0.15) is 5.52 Å². The van der Waals surface area contributed by atoms with Crippen molar-refractivity contribution >= 4 is 22.8 Å². The molecule has 3 N–H and O–H groups in total. The molecule has 9 nitrogen and oxygen atoms in total. The third kappa shape index (κ3) is 3.40. The van der Waals surface area contributed by atoms with E-state index in [2.05, 4.69) is 35.3 Å². The fourth-order valence-corrected chi connectivity index (χ4v) is 2.17. The van der Waals surface area contributed by atoms with Gasteiger partial charge < -0.3 is 15.2 Å². The van der Waals surface area contributed by atoms with Crippen LogP contribution in [0.4, 0.5) is 20.4 Å². The molecule has 0 spiro atoms. The Bertz CT molecular complexity index is 820. The number of anilines is 2. The first kappa shape index (κ1) is 16.1. The summed E-state index contributed by atoms with van der Waals surface area (Å²) in [5.41, 5.74) is 1.15. The number of ether oxygens (including phenoxy) is 1. The zero-order valence-electron chi connectivity index (χ0n) is 12.6. The fourth-order valence-electron chi connectivity index (χ4n) is 2.17. The smallest absolute Gasteiger partial charge is 0.388 e. The third-order valence-electron chi connectivity index (χ3n) is 3.29. The van der Waals surface area contributed by atoms with Crippen LogP contribution in [-0.4, -0.2) is 48.3 Å². The molecule has 0 radical (unpaired) electrons. The summed E-state index contributed by atoms with van der Waals surface area (Å²) in [5, 5.41) is 22.3. The summed E-state index contributed by atoms with van der Waals surface area (Å²) in [6.45, 7) is -0.989. The first-order valence-electron chi connectivity index (χ1n) is 7.15. The molecule has 3 aromatic heterocycles. The second-order valence-electron chi connectivity index (χ2n) is 5.04. The van der Waals surface area contributed by atoms with Gasteiger partial charge in [0.15, 0.2) is 17.3 Å². The van der Waals surface area contributed by atoms with E-state index in [0.717, 1.165) is 0 Å². The molecule has 0 saturated heterocycles. The van der Waals surface area contributed by atoms with E-state index in [0.29, 0.717) is 23.4 Å². The van der Waals surface area contributed by atoms with Gasteiger partial charge in [-0.25, -0.2) is 19.7 Å². The molecule has 3 aromatic rings. The number of aliphatic hydroxyl groups is 1. The Balaban J connectivity index is 1.82. The minimum Gasteiger partial charge on any atom is -0.417 e. The van der Waals surface area contributed by atoms with E-state index in [1.54, 1.807) is 10.9 Å². The van der Waals surface area contributed by atoms with Crippen molar-refractivity contribution in [2.24, 2.45) is 0 Å². The molecule has 3 rings (SSSR count). The van der Waals surface area contributed by atoms with Crippen LogP contribution in [0.5, 0.6) is 5.88 Å². The number of nitrogens with one attached hydrogen (secondary N) is 2. The first-order chi connectivity index (χ1) is 11.6. The van der Waals surface area contributed by atoms with Crippen LogP contribution in [0.15, 0.2) is 18.5 Å². The van der Waals surface area contributed by atoms with Crippen molar-refractivity contribution in [3.05, 3.63) is 18.5 Å². The van der Waals surface area contributed by atoms with Gasteiger partial charge in [-0.05, 0) is 13.3 Å². The molecule has 3 heterocycles. The van der Waals surface area contributed by atoms with Crippen molar-refractivity contribution in [3.8, 4) is 5.88 Å². The Hall–Kier alpha value is -2.82. The average Bonchev–Trinajstić information content (AvgIpc) is 3.13. The summed E-state index contributed by atoms with van der Waals surface area (Å²) in [7, 11) is 0. The molecule has 0 fully saturated rings. The summed E-state index contributed by atoms with van der Waals surface area (Å²) in [6.07, 6.45) is 3.60. The first-order valence-corrected chi connectivity index (χ1v) is 7.15. The van der Waals surface area contributed by atoms with Gasteiger partial charge in [0.25, 0.3) is 0 Å². The number of fused-ring (bicyclic) bond motifs is 1. The number of aromatic amines is 1. The number of hydrogen-bond acceptors (Lipinski definition) is 7. The zero-order valence-corrected chi connectivity index (χ0v) is 12.6. The third-order valence-corrected chi connectivity index (χ3v) is 3.29. The highest BCUT2D eigenvalue weighted by Crippen LogP contribution is 2.21. The van der Waals surface area contributed by atoms with E-state index in [4.69, 9.17) is 5.11 Å². The molecule has 0 aliphatic carbocycles. The van der Waals surface area contributed by atoms with E-state index in [1.807, 2.05) is 6.92 Å². The second-order valence-corrected chi connectivity index (χ2v) is 5.04. The lowest BCUT2D eigenvalue weighted by atomic mass is 10.2. The van der Waals surface area contributed by atoms with E-state index in [9.17, 15) is 8.78 Å². The van der Waals surface area contributed by atoms with Crippen LogP contribution in [0, 0.1) is 0 Å². The lowest BCUT2D eigenvalue weighted by Gasteiger charge is -2.11. The lowest BCUT2D eigenvalue weighted by molar-refractivity contribution is -0.0528. The van der Waals surface area contributed by atoms with Gasteiger partial charge >= 0.3 is 6.61 Å². The molecule has 24 heavy (non-hydrogen) atoms. The maximum atomic E-state index is 12.1. The van der Waals surface area contributed by atoms with Crippen molar-refractivity contribution in [3.63, 3.8) is 0 Å². The molecule has 0 unspecified atom stereocenters. The Morgan fingerprint density at radius 2 is 2.21 bits per heavy atom. The fraction of sp³-hybridized carbons (Fsp3) is 0.385. The highest BCUT2D eigenvalue weighted by Gasteiger charge is 2.13. The Kier molecular flexibility index (Phi) is 4.51. The molecule has 0 bridgehead atoms. The average molecular weight is 339 g/mol. The lowest BCUT2D eigenvalue weighted by Crippen LogP contribution is -2.09. The molecular formula is C13H15F2N7O2. The van der Waals surface area contributed by atoms with Crippen LogP contribution < -0.4 is 10.1 Å². The summed E-state index contributed by atoms with van der Waals surface area (Å²) >= 11 is 0. The molecule has 0 saturated carbocycles. The highest BCUT2D eigenvalue weighted by atomic mass is 19.3. The minimum atomic E-state index is -2.93. The summed E-state index contributed by atoms with van der Waals surface area (Å²) in [4.78, 5) is 8.64. The van der Waals surface area contributed by atoms with Gasteiger partial charge in [0, 0.05) is 12.7 Å². The maximum Gasteiger partial charge on any atom is 0.388 e. The van der Waals surface area contributed by atoms with Crippen LogP contribution in [0.25, 0.3) is 11.2 Å². The summed E-state index contributed by atoms with van der Waals surface area (Å²) in [5.74, 6) is 0.465. The molecule has 0 aromatic carbocycles. The van der Waals surface area contributed by atoms with Crippen molar-refractivity contribution < 1.29 is 18.6 Å². The van der Waals surface area contributed by atoms with Crippen molar-refractivity contribution in [1.29, 1.82) is 0 Å². The molecule has 11 heteroatoms. The molecule has 1 atom stereocenters. The number of halogens is 2. The number of aromatic nitrogens is 6. The van der Waals surface area contributed by atoms with E-state index >= 15 is 0 Å². The van der Waals surface area contributed by atoms with Gasteiger partial charge in [-0.1, -0.05) is 0 Å². The van der Waals surface area contributed by atoms with E-state index in [-0.39, 0.29) is 24.3 Å². The monoisotopic (exact) mass is 339 g/mol. The second kappa shape index (κ2) is 6.74. The topological polar surface area (TPSA) is 114 Å². The predicted octanol–water partition coefficient (Wildman–Crippen LogP) is 1.84. The summed E-state index contributed by atoms with van der Waals surface area (Å²) < 4.78 is 30.1. The summed E-state index contributed by atoms with van der Waals surface area (Å²) in [6, 6.07) is 1.23. The quantitative estimate of drug-likeness (QED) is 0.602. The molecule has 0 amide bonds. The predicted molar refractivity (Wildman–Crippen MR) is 80.2 cm³/mol. The number of rotatable bonds is 7. The van der Waals surface area contributed by atoms with Gasteiger partial charge in [-0.2, -0.15) is 19.0 Å². The normalized spacial score (nSPS) is 12.7. The van der Waals surface area contributed by atoms with E-state index < -0.39 is 6.61 Å². The number of nitrogens with zero attached hydrogens (tertiary/aromatic N) is 5. The Morgan fingerprint density at radius 3 is 2.96 bits per heavy atom. The Labute approximate surface area is 134 Å². The Morgan fingerprint density at radius 1 is 1.38 bits per heavy atom. The van der Waals surface area contributed by atoms with Crippen molar-refractivity contribution in [2.45, 2.75) is 26.0 Å². The van der Waals surface area contributed by atoms with Gasteiger partial charge in [0.2, 0.25) is 5.88 Å². The van der Waals surface area contributed by atoms with Crippen LogP contribution in [0.3, 0.4) is 0 Å². The van der Waals surface area contributed by atoms with Crippen molar-refractivity contribution in [1.82, 2.24) is 29.9 Å². The maximum absolute atomic E-state index is 12.1. The number of hydrogen-bond donors (Lipinski definition) is 3. The van der Waals surface area contributed by atoms with E-state index in [1.165, 1.54) is 12.3 Å². The van der Waals surface area contributed by atoms with Gasteiger partial charge in [0.05, 0.1) is 18.4 Å². The molecular weight excluding hydrogens is 324 g/mol. The largest absolute Gasteiger partial charge is 0.417 e. The SMILES string of the molecule is C[C@H](CCO)n1ncc2ncc(Nc3cc(OC(F)F)[nH]n3)nc21. The van der Waals surface area contributed by atoms with Crippen LogP contribution >= 0.6 is 0 Å². The highest BCUT2D eigenvalue weighted by molar-refractivity contribution is 5.72. The number of aliphatic hydroxyl groups excluding tert-OH is 1. The van der Waals surface area contributed by atoms with Crippen LogP contribution in [-0.2, 0) is 0 Å². The van der Waals surface area contributed by atoms with Gasteiger partial charge in [-0.3, -0.25) is 0 Å². The number of H-pyrrole nitrogens is 1. The van der Waals surface area contributed by atoms with Crippen LogP contribution in [0.2, 0.25) is 0 Å². The standard InChI is InChI=1S/C13H15F2N7O2/c1-7(2-3-23)22-12-8(5-17-22)16-6-10(19-12)18-9-4-11(21-20-9)24-13(14)15/h4-7,13,23H,2-3H2,1H3,(H2,18,19,20,21)/t7-/m1/s1. The molecule has 0 aliphatic heterocycles. The molecule has 0 aliphatic rings. The minimum absolute atomic E-state index is 0.0358. The molecule has 128 valence electrons. The number of alkyl halides is 2.